The van der Waals surface area contributed by atoms with Crippen LogP contribution in [0.4, 0.5) is 22.7 Å². The van der Waals surface area contributed by atoms with Crippen molar-refractivity contribution in [3.63, 3.8) is 0 Å². The lowest BCUT2D eigenvalue weighted by atomic mass is 9.97. The van der Waals surface area contributed by atoms with Crippen molar-refractivity contribution in [1.29, 1.82) is 0 Å². The predicted octanol–water partition coefficient (Wildman–Crippen LogP) is 7.69. The summed E-state index contributed by atoms with van der Waals surface area (Å²) in [4.78, 5) is 40.6. The van der Waals surface area contributed by atoms with Crippen molar-refractivity contribution in [2.75, 3.05) is 9.80 Å². The molecule has 4 aliphatic heterocycles. The number of benzene rings is 6. The molecule has 6 aromatic carbocycles. The van der Waals surface area contributed by atoms with Crippen molar-refractivity contribution < 1.29 is 9.59 Å². The van der Waals surface area contributed by atoms with Crippen LogP contribution in [-0.4, -0.2) is 23.5 Å². The molecule has 0 fully saturated rings. The lowest BCUT2D eigenvalue weighted by molar-refractivity contribution is 0.0999. The zero-order valence-corrected chi connectivity index (χ0v) is 22.7. The number of rotatable bonds is 2. The second-order valence-electron chi connectivity index (χ2n) is 11.4. The van der Waals surface area contributed by atoms with Crippen LogP contribution < -0.4 is 9.80 Å². The fourth-order valence-corrected chi connectivity index (χ4v) is 7.11. The van der Waals surface area contributed by atoms with E-state index in [4.69, 9.17) is 9.98 Å². The van der Waals surface area contributed by atoms with Gasteiger partial charge in [-0.2, -0.15) is 0 Å². The molecule has 6 heteroatoms. The van der Waals surface area contributed by atoms with Gasteiger partial charge in [0.05, 0.1) is 33.9 Å². The zero-order chi connectivity index (χ0) is 28.4. The molecule has 0 saturated heterocycles. The van der Waals surface area contributed by atoms with E-state index in [1.165, 1.54) is 0 Å². The Hall–Kier alpha value is -5.88. The van der Waals surface area contributed by atoms with E-state index >= 15 is 0 Å². The third-order valence-electron chi connectivity index (χ3n) is 9.00. The molecule has 0 spiro atoms. The molecular weight excluding hydrogens is 532 g/mol. The number of carbonyl (C=O) groups is 2. The molecular formula is C37H20N4O2. The Bertz CT molecular complexity index is 2210. The molecule has 6 aromatic rings. The summed E-state index contributed by atoms with van der Waals surface area (Å²) in [6.07, 6.45) is 0.641. The van der Waals surface area contributed by atoms with Gasteiger partial charge >= 0.3 is 0 Å². The predicted molar refractivity (Wildman–Crippen MR) is 170 cm³/mol. The van der Waals surface area contributed by atoms with Crippen LogP contribution in [0.25, 0.3) is 21.5 Å². The van der Waals surface area contributed by atoms with Gasteiger partial charge in [0.15, 0.2) is 0 Å². The first-order chi connectivity index (χ1) is 21.1. The Balaban J connectivity index is 1.05. The van der Waals surface area contributed by atoms with Gasteiger partial charge in [-0.25, -0.2) is 9.98 Å². The van der Waals surface area contributed by atoms with E-state index in [2.05, 4.69) is 36.4 Å². The lowest BCUT2D eigenvalue weighted by Crippen LogP contribution is -2.31. The number of amides is 2. The van der Waals surface area contributed by atoms with Gasteiger partial charge in [0.1, 0.15) is 11.7 Å². The first-order valence-electron chi connectivity index (χ1n) is 14.3. The van der Waals surface area contributed by atoms with E-state index in [0.717, 1.165) is 66.5 Å². The molecule has 10 rings (SSSR count). The monoisotopic (exact) mass is 552 g/mol. The largest absolute Gasteiger partial charge is 0.268 e. The molecule has 0 aliphatic carbocycles. The topological polar surface area (TPSA) is 65.3 Å². The summed E-state index contributed by atoms with van der Waals surface area (Å²) >= 11 is 0. The molecule has 2 amide bonds. The summed E-state index contributed by atoms with van der Waals surface area (Å²) in [5.74, 6) is 1.24. The van der Waals surface area contributed by atoms with Crippen LogP contribution in [0.2, 0.25) is 0 Å². The maximum absolute atomic E-state index is 13.6. The smallest absolute Gasteiger partial charge is 0.264 e. The quantitative estimate of drug-likeness (QED) is 0.221. The first-order valence-corrected chi connectivity index (χ1v) is 14.3. The Morgan fingerprint density at radius 3 is 1.40 bits per heavy atom. The van der Waals surface area contributed by atoms with E-state index in [1.54, 1.807) is 9.80 Å². The summed E-state index contributed by atoms with van der Waals surface area (Å²) in [5, 5.41) is 4.14. The van der Waals surface area contributed by atoms with Crippen LogP contribution in [0.3, 0.4) is 0 Å². The van der Waals surface area contributed by atoms with Crippen LogP contribution in [0.1, 0.15) is 43.0 Å². The molecule has 0 bridgehead atoms. The highest BCUT2D eigenvalue weighted by molar-refractivity contribution is 6.41. The third kappa shape index (κ3) is 2.91. The molecule has 4 heterocycles. The number of hydrogen-bond donors (Lipinski definition) is 0. The van der Waals surface area contributed by atoms with Crippen molar-refractivity contribution in [1.82, 2.24) is 0 Å². The summed E-state index contributed by atoms with van der Waals surface area (Å²) in [6.45, 7) is 0. The highest BCUT2D eigenvalue weighted by Crippen LogP contribution is 2.45. The van der Waals surface area contributed by atoms with Crippen molar-refractivity contribution in [3.8, 4) is 0 Å². The number of hydrogen-bond acceptors (Lipinski definition) is 4. The van der Waals surface area contributed by atoms with Crippen molar-refractivity contribution in [2.24, 2.45) is 9.98 Å². The number of amidine groups is 2. The summed E-state index contributed by atoms with van der Waals surface area (Å²) in [6, 6.07) is 36.2. The van der Waals surface area contributed by atoms with Gasteiger partial charge < -0.3 is 0 Å². The fraction of sp³-hybridized carbons (Fsp3) is 0.0270. The van der Waals surface area contributed by atoms with Gasteiger partial charge in [-0.05, 0) is 76.9 Å². The third-order valence-corrected chi connectivity index (χ3v) is 9.00. The second-order valence-corrected chi connectivity index (χ2v) is 11.4. The van der Waals surface area contributed by atoms with Crippen LogP contribution in [0.15, 0.2) is 119 Å². The molecule has 0 saturated carbocycles. The molecule has 0 N–H and O–H groups in total. The number of anilines is 2. The summed E-state index contributed by atoms with van der Waals surface area (Å²) in [5.41, 5.74) is 8.64. The highest BCUT2D eigenvalue weighted by atomic mass is 16.2. The Kier molecular flexibility index (Phi) is 4.18. The average molecular weight is 553 g/mol. The molecule has 200 valence electrons. The Morgan fingerprint density at radius 2 is 0.930 bits per heavy atom. The summed E-state index contributed by atoms with van der Waals surface area (Å²) < 4.78 is 0. The SMILES string of the molecule is O=C1c2ccc(Cc3ccc4c(c3)C3=Nc5cccc6cccc(c56)N3C4=O)cc2C2=Nc3cccc4cccc(c34)N12. The maximum Gasteiger partial charge on any atom is 0.264 e. The van der Waals surface area contributed by atoms with E-state index in [1.807, 2.05) is 72.8 Å². The minimum absolute atomic E-state index is 0.0518. The normalized spacial score (nSPS) is 15.3. The van der Waals surface area contributed by atoms with Crippen LogP contribution >= 0.6 is 0 Å². The number of aliphatic imine (C=N–C) groups is 2. The number of carbonyl (C=O) groups excluding carboxylic acids is 2. The average Bonchev–Trinajstić information content (AvgIpc) is 3.47. The molecule has 43 heavy (non-hydrogen) atoms. The molecule has 0 radical (unpaired) electrons. The molecule has 4 aliphatic rings. The van der Waals surface area contributed by atoms with Crippen molar-refractivity contribution >= 4 is 67.8 Å². The van der Waals surface area contributed by atoms with Gasteiger partial charge in [-0.1, -0.05) is 60.7 Å². The van der Waals surface area contributed by atoms with Crippen LogP contribution in [0.5, 0.6) is 0 Å². The minimum atomic E-state index is -0.0518. The standard InChI is InChI=1S/C37H20N4O2/c42-36-24-15-13-20(18-26(24)34-38-28-9-1-5-22-7-3-11-30(32(22)28)40(34)36)17-21-14-16-25-27(19-21)35-39-29-10-2-6-23-8-4-12-31(33(23)29)41(35)37(25)43/h1-16,18-19H,17H2. The maximum atomic E-state index is 13.6. The van der Waals surface area contributed by atoms with Crippen LogP contribution in [-0.2, 0) is 6.42 Å². The van der Waals surface area contributed by atoms with Gasteiger partial charge in [0.25, 0.3) is 11.8 Å². The summed E-state index contributed by atoms with van der Waals surface area (Å²) in [7, 11) is 0. The Labute approximate surface area is 245 Å². The van der Waals surface area contributed by atoms with E-state index < -0.39 is 0 Å². The molecule has 0 unspecified atom stereocenters. The van der Waals surface area contributed by atoms with E-state index in [-0.39, 0.29) is 11.8 Å². The van der Waals surface area contributed by atoms with Crippen LogP contribution in [0, 0.1) is 0 Å². The van der Waals surface area contributed by atoms with Crippen molar-refractivity contribution in [2.45, 2.75) is 6.42 Å². The number of nitrogens with zero attached hydrogens (tertiary/aromatic N) is 4. The van der Waals surface area contributed by atoms with Gasteiger partial charge in [-0.3, -0.25) is 19.4 Å². The van der Waals surface area contributed by atoms with Crippen molar-refractivity contribution in [3.05, 3.63) is 143 Å². The van der Waals surface area contributed by atoms with E-state index in [0.29, 0.717) is 29.2 Å². The molecule has 0 atom stereocenters. The fourth-order valence-electron chi connectivity index (χ4n) is 7.11. The second kappa shape index (κ2) is 7.89. The lowest BCUT2D eigenvalue weighted by Gasteiger charge is -2.24. The molecule has 6 nitrogen and oxygen atoms in total. The van der Waals surface area contributed by atoms with E-state index in [9.17, 15) is 9.59 Å². The highest BCUT2D eigenvalue weighted by Gasteiger charge is 2.40. The van der Waals surface area contributed by atoms with Gasteiger partial charge in [0.2, 0.25) is 0 Å². The Morgan fingerprint density at radius 1 is 0.488 bits per heavy atom. The first kappa shape index (κ1) is 22.8. The zero-order valence-electron chi connectivity index (χ0n) is 22.7. The number of fused-ring (bicyclic) bond motifs is 8. The van der Waals surface area contributed by atoms with Gasteiger partial charge in [0, 0.05) is 21.9 Å². The molecule has 0 aromatic heterocycles. The van der Waals surface area contributed by atoms with Gasteiger partial charge in [-0.15, -0.1) is 0 Å². The minimum Gasteiger partial charge on any atom is -0.268 e.